The van der Waals surface area contributed by atoms with Gasteiger partial charge in [-0.15, -0.1) is 0 Å². The number of rotatable bonds is 6. The van der Waals surface area contributed by atoms with Crippen LogP contribution in [0, 0.1) is 0 Å². The summed E-state index contributed by atoms with van der Waals surface area (Å²) in [6.07, 6.45) is 7.56. The third kappa shape index (κ3) is 3.99. The highest BCUT2D eigenvalue weighted by atomic mass is 16.5. The van der Waals surface area contributed by atoms with Crippen molar-refractivity contribution in [3.63, 3.8) is 0 Å². The molecular weight excluding hydrogens is 202 g/mol. The first kappa shape index (κ1) is 13.3. The maximum absolute atomic E-state index is 5.63. The Morgan fingerprint density at radius 3 is 2.88 bits per heavy atom. The molecule has 0 aliphatic carbocycles. The van der Waals surface area contributed by atoms with Gasteiger partial charge in [0.2, 0.25) is 0 Å². The van der Waals surface area contributed by atoms with Crippen molar-refractivity contribution >= 4 is 0 Å². The van der Waals surface area contributed by atoms with Crippen LogP contribution in [0.4, 0.5) is 0 Å². The number of hydrogen-bond acceptors (Lipinski definition) is 3. The molecule has 0 radical (unpaired) electrons. The Hall–Kier alpha value is -0.800. The van der Waals surface area contributed by atoms with Crippen molar-refractivity contribution in [1.82, 2.24) is 5.32 Å². The van der Waals surface area contributed by atoms with Gasteiger partial charge >= 0.3 is 0 Å². The molecule has 1 heterocycles. The van der Waals surface area contributed by atoms with Gasteiger partial charge in [-0.1, -0.05) is 19.1 Å². The molecule has 92 valence electrons. The summed E-state index contributed by atoms with van der Waals surface area (Å²) >= 11 is 0. The van der Waals surface area contributed by atoms with Gasteiger partial charge in [0.05, 0.1) is 19.3 Å². The van der Waals surface area contributed by atoms with Gasteiger partial charge in [-0.3, -0.25) is 0 Å². The molecule has 3 heteroatoms. The van der Waals surface area contributed by atoms with Crippen LogP contribution in [-0.2, 0) is 9.47 Å². The molecule has 2 atom stereocenters. The summed E-state index contributed by atoms with van der Waals surface area (Å²) in [6.45, 7) is 8.34. The normalized spacial score (nSPS) is 26.6. The molecule has 16 heavy (non-hydrogen) atoms. The minimum atomic E-state index is 0.176. The molecule has 0 aromatic carbocycles. The molecular formula is C13H23NO2. The van der Waals surface area contributed by atoms with E-state index < -0.39 is 0 Å². The van der Waals surface area contributed by atoms with E-state index in [1.165, 1.54) is 0 Å². The van der Waals surface area contributed by atoms with Crippen LogP contribution in [-0.4, -0.2) is 32.0 Å². The molecule has 2 unspecified atom stereocenters. The summed E-state index contributed by atoms with van der Waals surface area (Å²) in [5.74, 6) is 0. The van der Waals surface area contributed by atoms with Gasteiger partial charge in [-0.25, -0.2) is 0 Å². The maximum atomic E-state index is 5.63. The fourth-order valence-corrected chi connectivity index (χ4v) is 1.73. The van der Waals surface area contributed by atoms with Crippen LogP contribution in [0.3, 0.4) is 0 Å². The average Bonchev–Trinajstić information content (AvgIpc) is 2.72. The Kier molecular flexibility index (Phi) is 6.19. The minimum absolute atomic E-state index is 0.176. The number of allylic oxidation sites excluding steroid dienone is 3. The van der Waals surface area contributed by atoms with E-state index in [0.717, 1.165) is 25.3 Å². The average molecular weight is 225 g/mol. The lowest BCUT2D eigenvalue weighted by atomic mass is 10.2. The highest BCUT2D eigenvalue weighted by Gasteiger charge is 2.28. The van der Waals surface area contributed by atoms with Crippen molar-refractivity contribution in [3.05, 3.63) is 23.9 Å². The van der Waals surface area contributed by atoms with Gasteiger partial charge in [0, 0.05) is 12.3 Å². The summed E-state index contributed by atoms with van der Waals surface area (Å²) in [7, 11) is 0. The summed E-state index contributed by atoms with van der Waals surface area (Å²) in [5.41, 5.74) is 1.14. The van der Waals surface area contributed by atoms with E-state index in [2.05, 4.69) is 30.5 Å². The zero-order valence-electron chi connectivity index (χ0n) is 10.5. The Balaban J connectivity index is 2.47. The standard InChI is InChI=1S/C13H23NO2/c1-4-7-8-11(5-2)14-12-9-15-10-13(12)16-6-3/h5,7-8,12-14H,4,6,9-10H2,1-3H3/b8-7-,11-5+. The van der Waals surface area contributed by atoms with Crippen LogP contribution in [0.25, 0.3) is 0 Å². The number of nitrogens with one attached hydrogen (secondary N) is 1. The molecule has 1 fully saturated rings. The fourth-order valence-electron chi connectivity index (χ4n) is 1.73. The van der Waals surface area contributed by atoms with E-state index in [4.69, 9.17) is 9.47 Å². The van der Waals surface area contributed by atoms with E-state index in [1.54, 1.807) is 0 Å². The van der Waals surface area contributed by atoms with Crippen molar-refractivity contribution in [2.45, 2.75) is 39.3 Å². The summed E-state index contributed by atoms with van der Waals surface area (Å²) in [6, 6.07) is 0.271. The lowest BCUT2D eigenvalue weighted by Crippen LogP contribution is -2.39. The second-order valence-corrected chi connectivity index (χ2v) is 3.84. The quantitative estimate of drug-likeness (QED) is 0.703. The van der Waals surface area contributed by atoms with Crippen molar-refractivity contribution < 1.29 is 9.47 Å². The van der Waals surface area contributed by atoms with Gasteiger partial charge < -0.3 is 14.8 Å². The Morgan fingerprint density at radius 1 is 1.44 bits per heavy atom. The van der Waals surface area contributed by atoms with Crippen molar-refractivity contribution in [2.24, 2.45) is 0 Å². The first-order valence-corrected chi connectivity index (χ1v) is 6.10. The monoisotopic (exact) mass is 225 g/mol. The molecule has 1 rings (SSSR count). The summed E-state index contributed by atoms with van der Waals surface area (Å²) in [4.78, 5) is 0. The smallest absolute Gasteiger partial charge is 0.103 e. The second kappa shape index (κ2) is 7.47. The van der Waals surface area contributed by atoms with E-state index in [1.807, 2.05) is 13.8 Å². The highest BCUT2D eigenvalue weighted by Crippen LogP contribution is 2.11. The van der Waals surface area contributed by atoms with Crippen LogP contribution < -0.4 is 5.32 Å². The summed E-state index contributed by atoms with van der Waals surface area (Å²) < 4.78 is 11.1. The third-order valence-electron chi connectivity index (χ3n) is 2.61. The Morgan fingerprint density at radius 2 is 2.25 bits per heavy atom. The van der Waals surface area contributed by atoms with Crippen molar-refractivity contribution in [3.8, 4) is 0 Å². The number of hydrogen-bond donors (Lipinski definition) is 1. The molecule has 0 aromatic heterocycles. The highest BCUT2D eigenvalue weighted by molar-refractivity contribution is 5.17. The topological polar surface area (TPSA) is 30.5 Å². The predicted molar refractivity (Wildman–Crippen MR) is 66.3 cm³/mol. The van der Waals surface area contributed by atoms with Gasteiger partial charge in [-0.05, 0) is 26.3 Å². The van der Waals surface area contributed by atoms with E-state index in [0.29, 0.717) is 6.61 Å². The van der Waals surface area contributed by atoms with Crippen LogP contribution in [0.5, 0.6) is 0 Å². The largest absolute Gasteiger partial charge is 0.378 e. The van der Waals surface area contributed by atoms with Gasteiger partial charge in [0.15, 0.2) is 0 Å². The first-order valence-electron chi connectivity index (χ1n) is 6.10. The minimum Gasteiger partial charge on any atom is -0.378 e. The number of ether oxygens (including phenoxy) is 2. The van der Waals surface area contributed by atoms with E-state index in [-0.39, 0.29) is 12.1 Å². The lowest BCUT2D eigenvalue weighted by Gasteiger charge is -2.20. The Labute approximate surface area is 98.5 Å². The van der Waals surface area contributed by atoms with Crippen LogP contribution in [0.2, 0.25) is 0 Å². The molecule has 0 saturated carbocycles. The fraction of sp³-hybridized carbons (Fsp3) is 0.692. The first-order chi connectivity index (χ1) is 7.81. The van der Waals surface area contributed by atoms with Gasteiger partial charge in [-0.2, -0.15) is 0 Å². The predicted octanol–water partition coefficient (Wildman–Crippen LogP) is 2.25. The third-order valence-corrected chi connectivity index (χ3v) is 2.61. The molecule has 0 aromatic rings. The maximum Gasteiger partial charge on any atom is 0.103 e. The molecule has 1 aliphatic heterocycles. The zero-order chi connectivity index (χ0) is 11.8. The van der Waals surface area contributed by atoms with E-state index in [9.17, 15) is 0 Å². The molecule has 0 spiro atoms. The molecule has 1 aliphatic rings. The molecule has 0 amide bonds. The van der Waals surface area contributed by atoms with Crippen molar-refractivity contribution in [2.75, 3.05) is 19.8 Å². The van der Waals surface area contributed by atoms with Gasteiger partial charge in [0.1, 0.15) is 6.10 Å². The molecule has 1 N–H and O–H groups in total. The SMILES string of the molecule is C/C=C(\C=C/CC)NC1COCC1OCC. The van der Waals surface area contributed by atoms with Crippen LogP contribution in [0.15, 0.2) is 23.9 Å². The molecule has 1 saturated heterocycles. The summed E-state index contributed by atoms with van der Waals surface area (Å²) in [5, 5.41) is 3.46. The van der Waals surface area contributed by atoms with E-state index >= 15 is 0 Å². The Bertz CT molecular complexity index is 248. The van der Waals surface area contributed by atoms with Crippen LogP contribution in [0.1, 0.15) is 27.2 Å². The second-order valence-electron chi connectivity index (χ2n) is 3.84. The lowest BCUT2D eigenvalue weighted by molar-refractivity contribution is 0.0427. The van der Waals surface area contributed by atoms with Crippen LogP contribution >= 0.6 is 0 Å². The molecule has 0 bridgehead atoms. The zero-order valence-corrected chi connectivity index (χ0v) is 10.5. The van der Waals surface area contributed by atoms with Gasteiger partial charge in [0.25, 0.3) is 0 Å². The molecule has 3 nitrogen and oxygen atoms in total. The van der Waals surface area contributed by atoms with Crippen molar-refractivity contribution in [1.29, 1.82) is 0 Å².